The molecule has 3 saturated carbocycles. The molecule has 0 aromatic carbocycles. The highest BCUT2D eigenvalue weighted by molar-refractivity contribution is 5.01. The SMILES string of the molecule is C=CCC(OC(O)C1C=CC(OC(O)C2CCC(O)CC2)CC1)[C@H](C)CCOC(O)C1CCC(OC(O)C2CCC(O)CC2)CC1. The molecule has 10 heteroatoms. The van der Waals surface area contributed by atoms with E-state index < -0.39 is 25.2 Å². The van der Waals surface area contributed by atoms with E-state index in [1.807, 2.05) is 12.2 Å². The Bertz CT molecular complexity index is 878. The molecule has 4 aliphatic carbocycles. The van der Waals surface area contributed by atoms with Crippen LogP contribution >= 0.6 is 0 Å². The molecule has 10 nitrogen and oxygen atoms in total. The average Bonchev–Trinajstić information content (AvgIpc) is 3.05. The van der Waals surface area contributed by atoms with Gasteiger partial charge >= 0.3 is 0 Å². The van der Waals surface area contributed by atoms with E-state index in [0.29, 0.717) is 45.1 Å². The molecule has 0 aromatic heterocycles. The molecule has 4 rings (SSSR count). The highest BCUT2D eigenvalue weighted by atomic mass is 16.6. The Kier molecular flexibility index (Phi) is 15.9. The van der Waals surface area contributed by atoms with E-state index in [2.05, 4.69) is 13.5 Å². The molecule has 0 radical (unpaired) electrons. The summed E-state index contributed by atoms with van der Waals surface area (Å²) in [7, 11) is 0. The van der Waals surface area contributed by atoms with E-state index in [4.69, 9.17) is 18.9 Å². The third-order valence-electron chi connectivity index (χ3n) is 11.0. The first kappa shape index (κ1) is 37.9. The zero-order valence-electron chi connectivity index (χ0n) is 27.9. The van der Waals surface area contributed by atoms with Gasteiger partial charge in [-0.15, -0.1) is 6.58 Å². The maximum atomic E-state index is 10.9. The fourth-order valence-corrected chi connectivity index (χ4v) is 7.61. The first-order chi connectivity index (χ1) is 22.1. The predicted octanol–water partition coefficient (Wildman–Crippen LogP) is 4.29. The van der Waals surface area contributed by atoms with Crippen LogP contribution in [0.4, 0.5) is 0 Å². The Balaban J connectivity index is 1.12. The second-order valence-corrected chi connectivity index (χ2v) is 14.5. The predicted molar refractivity (Wildman–Crippen MR) is 173 cm³/mol. The number of aliphatic hydroxyl groups is 6. The van der Waals surface area contributed by atoms with Gasteiger partial charge in [0, 0.05) is 23.7 Å². The minimum Gasteiger partial charge on any atom is -0.393 e. The molecule has 3 fully saturated rings. The van der Waals surface area contributed by atoms with E-state index >= 15 is 0 Å². The molecule has 46 heavy (non-hydrogen) atoms. The van der Waals surface area contributed by atoms with Crippen LogP contribution in [0, 0.1) is 29.6 Å². The van der Waals surface area contributed by atoms with Crippen LogP contribution in [-0.4, -0.2) is 92.9 Å². The summed E-state index contributed by atoms with van der Waals surface area (Å²) in [5, 5.41) is 62.1. The number of ether oxygens (including phenoxy) is 4. The molecule has 6 N–H and O–H groups in total. The van der Waals surface area contributed by atoms with Crippen molar-refractivity contribution in [2.75, 3.05) is 6.61 Å². The highest BCUT2D eigenvalue weighted by Crippen LogP contribution is 2.34. The van der Waals surface area contributed by atoms with Crippen LogP contribution in [0.5, 0.6) is 0 Å². The van der Waals surface area contributed by atoms with Crippen molar-refractivity contribution in [2.45, 2.75) is 165 Å². The number of rotatable bonds is 17. The van der Waals surface area contributed by atoms with Crippen molar-refractivity contribution in [3.8, 4) is 0 Å². The monoisotopic (exact) mass is 654 g/mol. The molecule has 266 valence electrons. The smallest absolute Gasteiger partial charge is 0.161 e. The standard InChI is InChI=1S/C36H62O10/c1-3-4-32(46-36(42)27-11-19-31(20-12-27)45-35(41)26-7-15-29(38)16-8-26)23(2)21-22-43-33(39)24-9-17-30(18-10-24)44-34(40)25-5-13-28(37)14-6-25/h3,11,19,23-42H,1,4-10,12-18,20-22H2,2H3/t23-,24?,25?,26?,27?,28?,29?,30?,31?,32?,33?,34?,35?,36?/m1/s1. The molecule has 4 aliphatic rings. The first-order valence-electron chi connectivity index (χ1n) is 18.1. The minimum absolute atomic E-state index is 0.0185. The van der Waals surface area contributed by atoms with Gasteiger partial charge in [0.15, 0.2) is 25.2 Å². The fraction of sp³-hybridized carbons (Fsp3) is 0.889. The Morgan fingerprint density at radius 2 is 1.22 bits per heavy atom. The Hall–Kier alpha value is -0.920. The lowest BCUT2D eigenvalue weighted by Gasteiger charge is -2.35. The molecule has 0 amide bonds. The van der Waals surface area contributed by atoms with Gasteiger partial charge in [-0.05, 0) is 109 Å². The zero-order chi connectivity index (χ0) is 33.1. The quantitative estimate of drug-likeness (QED) is 0.0987. The third-order valence-corrected chi connectivity index (χ3v) is 11.0. The minimum atomic E-state index is -0.971. The molecule has 7 unspecified atom stereocenters. The molecule has 0 aliphatic heterocycles. The molecule has 0 saturated heterocycles. The summed E-state index contributed by atoms with van der Waals surface area (Å²) >= 11 is 0. The molecule has 0 bridgehead atoms. The second kappa shape index (κ2) is 19.3. The molecular formula is C36H62O10. The van der Waals surface area contributed by atoms with E-state index in [1.54, 1.807) is 6.08 Å². The van der Waals surface area contributed by atoms with Crippen molar-refractivity contribution in [1.29, 1.82) is 0 Å². The largest absolute Gasteiger partial charge is 0.393 e. The average molecular weight is 655 g/mol. The maximum Gasteiger partial charge on any atom is 0.161 e. The van der Waals surface area contributed by atoms with Crippen LogP contribution in [0.3, 0.4) is 0 Å². The van der Waals surface area contributed by atoms with E-state index in [0.717, 1.165) is 64.2 Å². The van der Waals surface area contributed by atoms with Crippen LogP contribution < -0.4 is 0 Å². The fourth-order valence-electron chi connectivity index (χ4n) is 7.61. The van der Waals surface area contributed by atoms with Gasteiger partial charge in [0.1, 0.15) is 0 Å². The van der Waals surface area contributed by atoms with Gasteiger partial charge in [0.2, 0.25) is 0 Å². The van der Waals surface area contributed by atoms with Gasteiger partial charge in [-0.25, -0.2) is 0 Å². The summed E-state index contributed by atoms with van der Waals surface area (Å²) < 4.78 is 23.8. The topological polar surface area (TPSA) is 158 Å². The van der Waals surface area contributed by atoms with E-state index in [9.17, 15) is 30.6 Å². The van der Waals surface area contributed by atoms with Crippen molar-refractivity contribution in [1.82, 2.24) is 0 Å². The lowest BCUT2D eigenvalue weighted by atomic mass is 9.85. The van der Waals surface area contributed by atoms with Crippen LogP contribution in [0.15, 0.2) is 24.8 Å². The molecular weight excluding hydrogens is 592 g/mol. The van der Waals surface area contributed by atoms with Crippen LogP contribution in [0.1, 0.15) is 110 Å². The van der Waals surface area contributed by atoms with Crippen molar-refractivity contribution in [3.05, 3.63) is 24.8 Å². The van der Waals surface area contributed by atoms with E-state index in [1.165, 1.54) is 0 Å². The van der Waals surface area contributed by atoms with Gasteiger partial charge < -0.3 is 49.6 Å². The lowest BCUT2D eigenvalue weighted by Crippen LogP contribution is -2.36. The van der Waals surface area contributed by atoms with Crippen molar-refractivity contribution >= 4 is 0 Å². The summed E-state index contributed by atoms with van der Waals surface area (Å²) in [4.78, 5) is 0. The van der Waals surface area contributed by atoms with Crippen LogP contribution in [0.25, 0.3) is 0 Å². The second-order valence-electron chi connectivity index (χ2n) is 14.5. The maximum absolute atomic E-state index is 10.9. The molecule has 8 atom stereocenters. The van der Waals surface area contributed by atoms with E-state index in [-0.39, 0.29) is 60.1 Å². The summed E-state index contributed by atoms with van der Waals surface area (Å²) in [5.74, 6) is 0.0607. The van der Waals surface area contributed by atoms with Crippen LogP contribution in [0.2, 0.25) is 0 Å². The summed E-state index contributed by atoms with van der Waals surface area (Å²) in [6.45, 7) is 6.31. The van der Waals surface area contributed by atoms with Crippen molar-refractivity contribution in [2.24, 2.45) is 29.6 Å². The van der Waals surface area contributed by atoms with Crippen molar-refractivity contribution < 1.29 is 49.6 Å². The summed E-state index contributed by atoms with van der Waals surface area (Å²) in [5.41, 5.74) is 0. The highest BCUT2D eigenvalue weighted by Gasteiger charge is 2.33. The number of hydrogen-bond acceptors (Lipinski definition) is 10. The summed E-state index contributed by atoms with van der Waals surface area (Å²) in [6, 6.07) is 0. The van der Waals surface area contributed by atoms with Crippen LogP contribution in [-0.2, 0) is 18.9 Å². The van der Waals surface area contributed by atoms with Gasteiger partial charge in [0.25, 0.3) is 0 Å². The van der Waals surface area contributed by atoms with Gasteiger partial charge in [-0.3, -0.25) is 0 Å². The molecule has 0 spiro atoms. The van der Waals surface area contributed by atoms with Crippen molar-refractivity contribution in [3.63, 3.8) is 0 Å². The number of hydrogen-bond donors (Lipinski definition) is 6. The third kappa shape index (κ3) is 11.9. The van der Waals surface area contributed by atoms with Gasteiger partial charge in [-0.1, -0.05) is 25.2 Å². The summed E-state index contributed by atoms with van der Waals surface area (Å²) in [6.07, 6.45) is 12.8. The molecule has 0 aromatic rings. The Labute approximate surface area is 275 Å². The Morgan fingerprint density at radius 1 is 0.674 bits per heavy atom. The van der Waals surface area contributed by atoms with Gasteiger partial charge in [0.05, 0.1) is 37.1 Å². The normalized spacial score (nSPS) is 36.3. The zero-order valence-corrected chi connectivity index (χ0v) is 27.9. The Morgan fingerprint density at radius 3 is 1.76 bits per heavy atom. The number of aliphatic hydroxyl groups excluding tert-OH is 6. The van der Waals surface area contributed by atoms with Gasteiger partial charge in [-0.2, -0.15) is 0 Å². The lowest BCUT2D eigenvalue weighted by molar-refractivity contribution is -0.195. The first-order valence-corrected chi connectivity index (χ1v) is 18.1. The molecule has 0 heterocycles.